The molecular weight excluding hydrogens is 263 g/mol. The minimum Gasteiger partial charge on any atom is -0.407 e. The van der Waals surface area contributed by atoms with E-state index in [1.54, 1.807) is 0 Å². The molecule has 2 rings (SSSR count). The molecule has 0 aliphatic carbocycles. The summed E-state index contributed by atoms with van der Waals surface area (Å²) in [5, 5.41) is 0. The Labute approximate surface area is 108 Å². The van der Waals surface area contributed by atoms with Gasteiger partial charge in [-0.1, -0.05) is 19.9 Å². The summed E-state index contributed by atoms with van der Waals surface area (Å²) in [6.45, 7) is 4.69. The summed E-state index contributed by atoms with van der Waals surface area (Å²) in [6.07, 6.45) is -4.70. The summed E-state index contributed by atoms with van der Waals surface area (Å²) in [4.78, 5) is 0. The fraction of sp³-hybridized carbons (Fsp3) is 0.500. The molecule has 0 aromatic heterocycles. The van der Waals surface area contributed by atoms with E-state index in [-0.39, 0.29) is 10.9 Å². The molecule has 0 atom stereocenters. The van der Waals surface area contributed by atoms with Crippen LogP contribution in [-0.4, -0.2) is 20.3 Å². The van der Waals surface area contributed by atoms with Gasteiger partial charge in [0, 0.05) is 18.6 Å². The predicted octanol–water partition coefficient (Wildman–Crippen LogP) is 2.61. The molecule has 0 radical (unpaired) electrons. The van der Waals surface area contributed by atoms with E-state index in [0.717, 1.165) is 6.07 Å². The lowest BCUT2D eigenvalue weighted by Crippen LogP contribution is -2.47. The standard InChI is InChI=1S/C12H13BF4O2/c1-11(2)6-18-13(19-7-11)8-3-4-9(10(14)5-8)12(15,16)17/h3-5H,6-7H2,1-2H3. The van der Waals surface area contributed by atoms with Gasteiger partial charge in [0.2, 0.25) is 0 Å². The lowest BCUT2D eigenvalue weighted by atomic mass is 9.75. The normalized spacial score (nSPS) is 19.6. The topological polar surface area (TPSA) is 18.5 Å². The maximum atomic E-state index is 13.4. The van der Waals surface area contributed by atoms with Crippen LogP contribution in [0.5, 0.6) is 0 Å². The van der Waals surface area contributed by atoms with Crippen LogP contribution in [0.4, 0.5) is 17.6 Å². The van der Waals surface area contributed by atoms with Crippen molar-refractivity contribution in [3.05, 3.63) is 29.6 Å². The Hall–Kier alpha value is -1.08. The molecule has 0 N–H and O–H groups in total. The molecule has 0 amide bonds. The van der Waals surface area contributed by atoms with E-state index in [0.29, 0.717) is 19.3 Å². The lowest BCUT2D eigenvalue weighted by molar-refractivity contribution is -0.139. The Bertz CT molecular complexity index is 463. The van der Waals surface area contributed by atoms with Gasteiger partial charge < -0.3 is 9.31 Å². The van der Waals surface area contributed by atoms with Crippen LogP contribution in [0.2, 0.25) is 0 Å². The highest BCUT2D eigenvalue weighted by atomic mass is 19.4. The SMILES string of the molecule is CC1(C)COB(c2ccc(C(F)(F)F)c(F)c2)OC1. The summed E-state index contributed by atoms with van der Waals surface area (Å²) < 4.78 is 61.5. The van der Waals surface area contributed by atoms with E-state index in [9.17, 15) is 17.6 Å². The summed E-state index contributed by atoms with van der Waals surface area (Å²) in [6, 6.07) is 2.69. The van der Waals surface area contributed by atoms with Crippen LogP contribution in [-0.2, 0) is 15.5 Å². The molecule has 1 aromatic rings. The molecule has 0 saturated carbocycles. The summed E-state index contributed by atoms with van der Waals surface area (Å²) in [5.41, 5.74) is -1.19. The van der Waals surface area contributed by atoms with Gasteiger partial charge in [0.05, 0.1) is 5.56 Å². The molecule has 1 fully saturated rings. The van der Waals surface area contributed by atoms with Gasteiger partial charge in [-0.05, 0) is 17.6 Å². The van der Waals surface area contributed by atoms with E-state index in [1.165, 1.54) is 6.07 Å². The highest BCUT2D eigenvalue weighted by Gasteiger charge is 2.37. The third-order valence-corrected chi connectivity index (χ3v) is 2.82. The molecule has 7 heteroatoms. The van der Waals surface area contributed by atoms with Gasteiger partial charge in [-0.25, -0.2) is 4.39 Å². The number of benzene rings is 1. The number of rotatable bonds is 1. The van der Waals surface area contributed by atoms with Crippen molar-refractivity contribution in [3.8, 4) is 0 Å². The lowest BCUT2D eigenvalue weighted by Gasteiger charge is -2.33. The first-order valence-electron chi connectivity index (χ1n) is 5.79. The van der Waals surface area contributed by atoms with Crippen molar-refractivity contribution >= 4 is 12.6 Å². The molecule has 2 nitrogen and oxygen atoms in total. The molecule has 1 aliphatic rings. The zero-order valence-electron chi connectivity index (χ0n) is 10.6. The van der Waals surface area contributed by atoms with Crippen LogP contribution >= 0.6 is 0 Å². The average molecular weight is 276 g/mol. The molecule has 0 bridgehead atoms. The zero-order valence-corrected chi connectivity index (χ0v) is 10.6. The third kappa shape index (κ3) is 3.28. The number of halogens is 4. The van der Waals surface area contributed by atoms with Gasteiger partial charge in [-0.2, -0.15) is 13.2 Å². The fourth-order valence-electron chi connectivity index (χ4n) is 1.79. The van der Waals surface area contributed by atoms with Gasteiger partial charge in [-0.15, -0.1) is 0 Å². The first-order chi connectivity index (χ1) is 8.69. The smallest absolute Gasteiger partial charge is 0.407 e. The van der Waals surface area contributed by atoms with Crippen LogP contribution in [0.15, 0.2) is 18.2 Å². The van der Waals surface area contributed by atoms with Gasteiger partial charge in [0.25, 0.3) is 0 Å². The monoisotopic (exact) mass is 276 g/mol. The highest BCUT2D eigenvalue weighted by Crippen LogP contribution is 2.31. The minimum absolute atomic E-state index is 0.152. The van der Waals surface area contributed by atoms with Gasteiger partial charge in [0.1, 0.15) is 5.82 Å². The van der Waals surface area contributed by atoms with Crippen molar-refractivity contribution in [1.82, 2.24) is 0 Å². The van der Waals surface area contributed by atoms with E-state index in [2.05, 4.69) is 0 Å². The molecule has 0 spiro atoms. The van der Waals surface area contributed by atoms with E-state index in [4.69, 9.17) is 9.31 Å². The molecule has 19 heavy (non-hydrogen) atoms. The molecule has 0 unspecified atom stereocenters. The second kappa shape index (κ2) is 4.79. The second-order valence-electron chi connectivity index (χ2n) is 5.36. The summed E-state index contributed by atoms with van der Waals surface area (Å²) in [7, 11) is -0.815. The molecule has 1 aromatic carbocycles. The Morgan fingerprint density at radius 2 is 1.74 bits per heavy atom. The summed E-state index contributed by atoms with van der Waals surface area (Å²) >= 11 is 0. The van der Waals surface area contributed by atoms with Gasteiger partial charge >= 0.3 is 13.3 Å². The van der Waals surface area contributed by atoms with Crippen LogP contribution in [0.1, 0.15) is 19.4 Å². The minimum atomic E-state index is -4.70. The fourth-order valence-corrected chi connectivity index (χ4v) is 1.79. The molecule has 104 valence electrons. The van der Waals surface area contributed by atoms with E-state index >= 15 is 0 Å². The first-order valence-corrected chi connectivity index (χ1v) is 5.79. The molecular formula is C12H13BF4O2. The van der Waals surface area contributed by atoms with Crippen molar-refractivity contribution in [2.45, 2.75) is 20.0 Å². The zero-order chi connectivity index (χ0) is 14.3. The third-order valence-electron chi connectivity index (χ3n) is 2.82. The van der Waals surface area contributed by atoms with Gasteiger partial charge in [0.15, 0.2) is 0 Å². The molecule has 1 saturated heterocycles. The highest BCUT2D eigenvalue weighted by molar-refractivity contribution is 6.61. The Balaban J connectivity index is 2.17. The summed E-state index contributed by atoms with van der Waals surface area (Å²) in [5.74, 6) is -1.32. The van der Waals surface area contributed by atoms with E-state index < -0.39 is 24.7 Å². The number of hydrogen-bond donors (Lipinski definition) is 0. The Morgan fingerprint density at radius 3 is 2.21 bits per heavy atom. The maximum Gasteiger partial charge on any atom is 0.494 e. The van der Waals surface area contributed by atoms with Crippen molar-refractivity contribution < 1.29 is 26.9 Å². The van der Waals surface area contributed by atoms with Gasteiger partial charge in [-0.3, -0.25) is 0 Å². The molecule has 1 heterocycles. The first kappa shape index (κ1) is 14.3. The van der Waals surface area contributed by atoms with Crippen LogP contribution < -0.4 is 5.46 Å². The van der Waals surface area contributed by atoms with Crippen molar-refractivity contribution in [2.24, 2.45) is 5.41 Å². The van der Waals surface area contributed by atoms with E-state index in [1.807, 2.05) is 13.8 Å². The molecule has 1 aliphatic heterocycles. The van der Waals surface area contributed by atoms with Crippen LogP contribution in [0.3, 0.4) is 0 Å². The second-order valence-corrected chi connectivity index (χ2v) is 5.36. The maximum absolute atomic E-state index is 13.4. The average Bonchev–Trinajstić information content (AvgIpc) is 2.27. The van der Waals surface area contributed by atoms with Crippen LogP contribution in [0, 0.1) is 11.2 Å². The van der Waals surface area contributed by atoms with Crippen molar-refractivity contribution in [1.29, 1.82) is 0 Å². The van der Waals surface area contributed by atoms with Crippen molar-refractivity contribution in [2.75, 3.05) is 13.2 Å². The predicted molar refractivity (Wildman–Crippen MR) is 62.5 cm³/mol. The Morgan fingerprint density at radius 1 is 1.16 bits per heavy atom. The number of hydrogen-bond acceptors (Lipinski definition) is 2. The number of alkyl halides is 3. The van der Waals surface area contributed by atoms with Crippen molar-refractivity contribution in [3.63, 3.8) is 0 Å². The largest absolute Gasteiger partial charge is 0.494 e. The quantitative estimate of drug-likeness (QED) is 0.580. The Kier molecular flexibility index (Phi) is 3.62. The van der Waals surface area contributed by atoms with Crippen LogP contribution in [0.25, 0.3) is 0 Å².